The SMILES string of the molecule is N/C=C/C=C/CCN. The number of hydrogen-bond donors (Lipinski definition) is 2. The highest BCUT2D eigenvalue weighted by Crippen LogP contribution is 1.78. The van der Waals surface area contributed by atoms with E-state index in [2.05, 4.69) is 0 Å². The summed E-state index contributed by atoms with van der Waals surface area (Å²) in [6, 6.07) is 0. The quantitative estimate of drug-likeness (QED) is 0.518. The molecule has 0 aliphatic rings. The molecule has 0 bridgehead atoms. The summed E-state index contributed by atoms with van der Waals surface area (Å²) in [6.45, 7) is 0.703. The van der Waals surface area contributed by atoms with Crippen LogP contribution in [0.3, 0.4) is 0 Å². The molecule has 0 amide bonds. The Morgan fingerprint density at radius 2 is 2.00 bits per heavy atom. The lowest BCUT2D eigenvalue weighted by molar-refractivity contribution is 1.01. The van der Waals surface area contributed by atoms with Crippen molar-refractivity contribution in [2.45, 2.75) is 6.42 Å². The highest BCUT2D eigenvalue weighted by molar-refractivity contribution is 5.00. The smallest absolute Gasteiger partial charge is 0.00425 e. The van der Waals surface area contributed by atoms with Crippen LogP contribution in [0.15, 0.2) is 24.4 Å². The second-order valence-corrected chi connectivity index (χ2v) is 1.39. The number of hydrogen-bond acceptors (Lipinski definition) is 2. The van der Waals surface area contributed by atoms with Crippen LogP contribution in [0.4, 0.5) is 0 Å². The molecule has 0 radical (unpaired) electrons. The second kappa shape index (κ2) is 6.24. The summed E-state index contributed by atoms with van der Waals surface area (Å²) in [5, 5.41) is 0. The van der Waals surface area contributed by atoms with E-state index in [1.54, 1.807) is 6.08 Å². The molecular weight excluding hydrogens is 100 g/mol. The molecule has 0 rings (SSSR count). The lowest BCUT2D eigenvalue weighted by Crippen LogP contribution is -1.94. The molecule has 8 heavy (non-hydrogen) atoms. The van der Waals surface area contributed by atoms with Crippen molar-refractivity contribution in [2.75, 3.05) is 6.54 Å². The first-order valence-corrected chi connectivity index (χ1v) is 2.65. The van der Waals surface area contributed by atoms with E-state index in [0.29, 0.717) is 6.54 Å². The van der Waals surface area contributed by atoms with E-state index in [-0.39, 0.29) is 0 Å². The van der Waals surface area contributed by atoms with Crippen molar-refractivity contribution in [3.63, 3.8) is 0 Å². The topological polar surface area (TPSA) is 52.0 Å². The maximum Gasteiger partial charge on any atom is -0.00425 e. The van der Waals surface area contributed by atoms with Gasteiger partial charge in [0.25, 0.3) is 0 Å². The van der Waals surface area contributed by atoms with Crippen LogP contribution in [0.2, 0.25) is 0 Å². The normalized spacial score (nSPS) is 11.6. The van der Waals surface area contributed by atoms with Crippen LogP contribution in [0.1, 0.15) is 6.42 Å². The van der Waals surface area contributed by atoms with Gasteiger partial charge in [-0.25, -0.2) is 0 Å². The van der Waals surface area contributed by atoms with E-state index < -0.39 is 0 Å². The summed E-state index contributed by atoms with van der Waals surface area (Å²) in [7, 11) is 0. The minimum absolute atomic E-state index is 0.703. The van der Waals surface area contributed by atoms with Crippen LogP contribution in [0.25, 0.3) is 0 Å². The monoisotopic (exact) mass is 112 g/mol. The molecule has 0 aromatic heterocycles. The van der Waals surface area contributed by atoms with Crippen molar-refractivity contribution in [3.8, 4) is 0 Å². The molecule has 0 aliphatic carbocycles. The molecule has 46 valence electrons. The van der Waals surface area contributed by atoms with Crippen molar-refractivity contribution >= 4 is 0 Å². The summed E-state index contributed by atoms with van der Waals surface area (Å²) in [6.07, 6.45) is 8.04. The fraction of sp³-hybridized carbons (Fsp3) is 0.333. The minimum atomic E-state index is 0.703. The van der Waals surface area contributed by atoms with Gasteiger partial charge in [-0.15, -0.1) is 0 Å². The van der Waals surface area contributed by atoms with Gasteiger partial charge in [0.1, 0.15) is 0 Å². The van der Waals surface area contributed by atoms with Crippen LogP contribution in [0, 0.1) is 0 Å². The zero-order valence-corrected chi connectivity index (χ0v) is 4.88. The van der Waals surface area contributed by atoms with E-state index >= 15 is 0 Å². The molecule has 0 aliphatic heterocycles. The second-order valence-electron chi connectivity index (χ2n) is 1.39. The van der Waals surface area contributed by atoms with Gasteiger partial charge in [0.2, 0.25) is 0 Å². The molecule has 2 nitrogen and oxygen atoms in total. The maximum absolute atomic E-state index is 5.20. The minimum Gasteiger partial charge on any atom is -0.405 e. The third kappa shape index (κ3) is 5.24. The summed E-state index contributed by atoms with van der Waals surface area (Å²) in [4.78, 5) is 0. The lowest BCUT2D eigenvalue weighted by atomic mass is 10.4. The molecule has 4 N–H and O–H groups in total. The van der Waals surface area contributed by atoms with E-state index in [4.69, 9.17) is 11.5 Å². The Morgan fingerprint density at radius 3 is 2.50 bits per heavy atom. The van der Waals surface area contributed by atoms with Gasteiger partial charge in [-0.05, 0) is 25.2 Å². The van der Waals surface area contributed by atoms with E-state index in [1.165, 1.54) is 6.20 Å². The standard InChI is InChI=1S/C6H12N2/c7-5-3-1-2-4-6-8/h1-3,5H,4,6-8H2/b2-1+,5-3+. The van der Waals surface area contributed by atoms with Crippen LogP contribution >= 0.6 is 0 Å². The molecule has 0 fully saturated rings. The average Bonchev–Trinajstić information content (AvgIpc) is 1.81. The first-order valence-electron chi connectivity index (χ1n) is 2.65. The molecule has 2 heteroatoms. The van der Waals surface area contributed by atoms with Gasteiger partial charge in [-0.3, -0.25) is 0 Å². The van der Waals surface area contributed by atoms with Crippen molar-refractivity contribution < 1.29 is 0 Å². The fourth-order valence-corrected chi connectivity index (χ4v) is 0.335. The van der Waals surface area contributed by atoms with Gasteiger partial charge in [0, 0.05) is 0 Å². The Kier molecular flexibility index (Phi) is 5.65. The van der Waals surface area contributed by atoms with Gasteiger partial charge < -0.3 is 11.5 Å². The summed E-state index contributed by atoms with van der Waals surface area (Å²) in [5.74, 6) is 0. The first-order chi connectivity index (χ1) is 3.91. The molecule has 0 aromatic carbocycles. The van der Waals surface area contributed by atoms with E-state index in [0.717, 1.165) is 6.42 Å². The molecule has 0 unspecified atom stereocenters. The fourth-order valence-electron chi connectivity index (χ4n) is 0.335. The molecule has 0 atom stereocenters. The highest BCUT2D eigenvalue weighted by Gasteiger charge is 1.66. The Morgan fingerprint density at radius 1 is 1.25 bits per heavy atom. The average molecular weight is 112 g/mol. The van der Waals surface area contributed by atoms with Crippen LogP contribution in [0.5, 0.6) is 0 Å². The summed E-state index contributed by atoms with van der Waals surface area (Å²) in [5.41, 5.74) is 10.3. The van der Waals surface area contributed by atoms with Crippen molar-refractivity contribution in [3.05, 3.63) is 24.4 Å². The van der Waals surface area contributed by atoms with Crippen LogP contribution in [-0.2, 0) is 0 Å². The third-order valence-corrected chi connectivity index (χ3v) is 0.692. The van der Waals surface area contributed by atoms with Gasteiger partial charge in [0.05, 0.1) is 0 Å². The number of rotatable bonds is 3. The predicted molar refractivity (Wildman–Crippen MR) is 36.1 cm³/mol. The Hall–Kier alpha value is -0.760. The molecular formula is C6H12N2. The maximum atomic E-state index is 5.20. The van der Waals surface area contributed by atoms with Crippen molar-refractivity contribution in [1.29, 1.82) is 0 Å². The van der Waals surface area contributed by atoms with E-state index in [1.807, 2.05) is 12.2 Å². The zero-order chi connectivity index (χ0) is 6.24. The van der Waals surface area contributed by atoms with Crippen LogP contribution in [-0.4, -0.2) is 6.54 Å². The lowest BCUT2D eigenvalue weighted by Gasteiger charge is -1.79. The largest absolute Gasteiger partial charge is 0.405 e. The van der Waals surface area contributed by atoms with Gasteiger partial charge in [-0.1, -0.05) is 12.2 Å². The molecule has 0 spiro atoms. The summed E-state index contributed by atoms with van der Waals surface area (Å²) < 4.78 is 0. The highest BCUT2D eigenvalue weighted by atomic mass is 14.5. The third-order valence-electron chi connectivity index (χ3n) is 0.692. The zero-order valence-electron chi connectivity index (χ0n) is 4.88. The molecule has 0 saturated heterocycles. The van der Waals surface area contributed by atoms with Crippen molar-refractivity contribution in [1.82, 2.24) is 0 Å². The number of nitrogens with two attached hydrogens (primary N) is 2. The Labute approximate surface area is 49.9 Å². The number of allylic oxidation sites excluding steroid dienone is 2. The van der Waals surface area contributed by atoms with Crippen molar-refractivity contribution in [2.24, 2.45) is 11.5 Å². The molecule has 0 heterocycles. The Balaban J connectivity index is 3.07. The van der Waals surface area contributed by atoms with E-state index in [9.17, 15) is 0 Å². The van der Waals surface area contributed by atoms with Crippen LogP contribution < -0.4 is 11.5 Å². The Bertz CT molecular complexity index is 84.5. The predicted octanol–water partition coefficient (Wildman–Crippen LogP) is 0.364. The summed E-state index contributed by atoms with van der Waals surface area (Å²) >= 11 is 0. The van der Waals surface area contributed by atoms with Gasteiger partial charge in [0.15, 0.2) is 0 Å². The van der Waals surface area contributed by atoms with Gasteiger partial charge >= 0.3 is 0 Å². The van der Waals surface area contributed by atoms with Gasteiger partial charge in [-0.2, -0.15) is 0 Å². The molecule has 0 saturated carbocycles. The first kappa shape index (κ1) is 7.24. The molecule has 0 aromatic rings.